The zero-order valence-corrected chi connectivity index (χ0v) is 12.4. The van der Waals surface area contributed by atoms with Gasteiger partial charge in [0.2, 0.25) is 0 Å². The fraction of sp³-hybridized carbons (Fsp3) is 0.111. The first-order valence-corrected chi connectivity index (χ1v) is 7.26. The van der Waals surface area contributed by atoms with E-state index in [9.17, 15) is 0 Å². The number of hydrogen-bond donors (Lipinski definition) is 2. The van der Waals surface area contributed by atoms with Gasteiger partial charge in [0.05, 0.1) is 0 Å². The SMILES string of the molecule is Nc1cc[n+](Cc2cccc(C[n+]3ccc(N)cc3)c2)cc1. The number of rotatable bonds is 4. The normalized spacial score (nSPS) is 10.5. The predicted molar refractivity (Wildman–Crippen MR) is 86.7 cm³/mol. The van der Waals surface area contributed by atoms with Gasteiger partial charge in [-0.2, -0.15) is 0 Å². The molecule has 1 aromatic carbocycles. The maximum atomic E-state index is 5.72. The lowest BCUT2D eigenvalue weighted by atomic mass is 10.1. The average Bonchev–Trinajstić information content (AvgIpc) is 2.52. The van der Waals surface area contributed by atoms with E-state index in [4.69, 9.17) is 11.5 Å². The van der Waals surface area contributed by atoms with Crippen molar-refractivity contribution in [2.75, 3.05) is 11.5 Å². The Labute approximate surface area is 130 Å². The minimum Gasteiger partial charge on any atom is -0.398 e. The van der Waals surface area contributed by atoms with Crippen molar-refractivity contribution < 1.29 is 9.13 Å². The van der Waals surface area contributed by atoms with Crippen molar-refractivity contribution in [2.45, 2.75) is 13.1 Å². The smallest absolute Gasteiger partial charge is 0.173 e. The van der Waals surface area contributed by atoms with Gasteiger partial charge in [0.1, 0.15) is 0 Å². The lowest BCUT2D eigenvalue weighted by Gasteiger charge is -2.02. The zero-order chi connectivity index (χ0) is 15.4. The lowest BCUT2D eigenvalue weighted by molar-refractivity contribution is -0.689. The van der Waals surface area contributed by atoms with Gasteiger partial charge in [-0.05, 0) is 6.07 Å². The summed E-state index contributed by atoms with van der Waals surface area (Å²) in [5.41, 5.74) is 15.5. The van der Waals surface area contributed by atoms with Gasteiger partial charge in [-0.15, -0.1) is 0 Å². The molecular formula is C18H20N4+2. The third-order valence-corrected chi connectivity index (χ3v) is 3.56. The second-order valence-electron chi connectivity index (χ2n) is 5.43. The molecule has 2 heterocycles. The Morgan fingerprint density at radius 2 is 1.05 bits per heavy atom. The second-order valence-corrected chi connectivity index (χ2v) is 5.43. The van der Waals surface area contributed by atoms with Crippen LogP contribution in [-0.4, -0.2) is 0 Å². The van der Waals surface area contributed by atoms with Gasteiger partial charge in [0.25, 0.3) is 0 Å². The maximum Gasteiger partial charge on any atom is 0.173 e. The van der Waals surface area contributed by atoms with Crippen LogP contribution in [-0.2, 0) is 13.1 Å². The van der Waals surface area contributed by atoms with Gasteiger partial charge < -0.3 is 11.5 Å². The topological polar surface area (TPSA) is 59.8 Å². The molecule has 0 saturated heterocycles. The van der Waals surface area contributed by atoms with E-state index in [0.717, 1.165) is 24.5 Å². The summed E-state index contributed by atoms with van der Waals surface area (Å²) in [5.74, 6) is 0. The van der Waals surface area contributed by atoms with E-state index >= 15 is 0 Å². The van der Waals surface area contributed by atoms with Crippen molar-refractivity contribution >= 4 is 11.4 Å². The predicted octanol–water partition coefficient (Wildman–Crippen LogP) is 1.52. The van der Waals surface area contributed by atoms with Crippen LogP contribution in [0.2, 0.25) is 0 Å². The summed E-state index contributed by atoms with van der Waals surface area (Å²) in [4.78, 5) is 0. The molecule has 0 aliphatic carbocycles. The number of nitrogen functional groups attached to an aromatic ring is 2. The third kappa shape index (κ3) is 3.61. The molecular weight excluding hydrogens is 272 g/mol. The number of nitrogens with zero attached hydrogens (tertiary/aromatic N) is 2. The molecule has 0 amide bonds. The molecule has 4 heteroatoms. The molecule has 22 heavy (non-hydrogen) atoms. The van der Waals surface area contributed by atoms with Crippen LogP contribution in [0.3, 0.4) is 0 Å². The fourth-order valence-electron chi connectivity index (χ4n) is 2.40. The third-order valence-electron chi connectivity index (χ3n) is 3.56. The minimum atomic E-state index is 0.782. The largest absolute Gasteiger partial charge is 0.398 e. The Morgan fingerprint density at radius 3 is 1.45 bits per heavy atom. The van der Waals surface area contributed by atoms with Crippen molar-refractivity contribution in [1.29, 1.82) is 0 Å². The number of nitrogens with two attached hydrogens (primary N) is 2. The van der Waals surface area contributed by atoms with E-state index in [1.807, 2.05) is 49.1 Å². The Morgan fingerprint density at radius 1 is 0.636 bits per heavy atom. The molecule has 110 valence electrons. The molecule has 0 radical (unpaired) electrons. The molecule has 3 rings (SSSR count). The summed E-state index contributed by atoms with van der Waals surface area (Å²) < 4.78 is 4.23. The van der Waals surface area contributed by atoms with Crippen LogP contribution in [0.1, 0.15) is 11.1 Å². The Bertz CT molecular complexity index is 686. The molecule has 0 fully saturated rings. The van der Waals surface area contributed by atoms with Crippen LogP contribution in [0.25, 0.3) is 0 Å². The highest BCUT2D eigenvalue weighted by molar-refractivity contribution is 5.33. The van der Waals surface area contributed by atoms with Crippen molar-refractivity contribution in [3.05, 3.63) is 84.4 Å². The van der Waals surface area contributed by atoms with Crippen molar-refractivity contribution in [3.8, 4) is 0 Å². The molecule has 0 atom stereocenters. The highest BCUT2D eigenvalue weighted by atomic mass is 14.9. The van der Waals surface area contributed by atoms with E-state index in [0.29, 0.717) is 0 Å². The van der Waals surface area contributed by atoms with Gasteiger partial charge in [0, 0.05) is 46.8 Å². The standard InChI is InChI=1S/C18H18N4/c19-17-4-8-21(9-5-17)13-15-2-1-3-16(12-15)14-22-10-6-18(20)7-11-22/h1-12,19-20H,13-14H2/p+2. The van der Waals surface area contributed by atoms with Gasteiger partial charge in [0.15, 0.2) is 37.9 Å². The summed E-state index contributed by atoms with van der Waals surface area (Å²) in [6.07, 6.45) is 7.99. The molecule has 0 aliphatic rings. The van der Waals surface area contributed by atoms with Crippen LogP contribution in [0.5, 0.6) is 0 Å². The quantitative estimate of drug-likeness (QED) is 0.716. The molecule has 3 aromatic rings. The Kier molecular flexibility index (Phi) is 4.01. The van der Waals surface area contributed by atoms with Crippen LogP contribution in [0.15, 0.2) is 73.3 Å². The number of hydrogen-bond acceptors (Lipinski definition) is 2. The maximum absolute atomic E-state index is 5.72. The van der Waals surface area contributed by atoms with E-state index in [2.05, 4.69) is 33.4 Å². The van der Waals surface area contributed by atoms with Crippen LogP contribution in [0.4, 0.5) is 11.4 Å². The highest BCUT2D eigenvalue weighted by Gasteiger charge is 2.06. The van der Waals surface area contributed by atoms with Crippen molar-refractivity contribution in [1.82, 2.24) is 0 Å². The van der Waals surface area contributed by atoms with E-state index in [1.54, 1.807) is 0 Å². The summed E-state index contributed by atoms with van der Waals surface area (Å²) in [5, 5.41) is 0. The Hall–Kier alpha value is -2.88. The molecule has 0 aliphatic heterocycles. The Balaban J connectivity index is 1.74. The van der Waals surface area contributed by atoms with Crippen molar-refractivity contribution in [2.24, 2.45) is 0 Å². The van der Waals surface area contributed by atoms with Crippen LogP contribution < -0.4 is 20.6 Å². The van der Waals surface area contributed by atoms with E-state index < -0.39 is 0 Å². The first kappa shape index (κ1) is 14.1. The number of anilines is 2. The van der Waals surface area contributed by atoms with Gasteiger partial charge in [-0.3, -0.25) is 0 Å². The molecule has 4 nitrogen and oxygen atoms in total. The molecule has 4 N–H and O–H groups in total. The van der Waals surface area contributed by atoms with E-state index in [-0.39, 0.29) is 0 Å². The van der Waals surface area contributed by atoms with E-state index in [1.165, 1.54) is 11.1 Å². The van der Waals surface area contributed by atoms with Gasteiger partial charge in [-0.25, -0.2) is 9.13 Å². The summed E-state index contributed by atoms with van der Waals surface area (Å²) in [6, 6.07) is 16.2. The minimum absolute atomic E-state index is 0.782. The average molecular weight is 292 g/mol. The highest BCUT2D eigenvalue weighted by Crippen LogP contribution is 2.06. The second kappa shape index (κ2) is 6.26. The molecule has 0 saturated carbocycles. The molecule has 0 bridgehead atoms. The van der Waals surface area contributed by atoms with Gasteiger partial charge >= 0.3 is 0 Å². The lowest BCUT2D eigenvalue weighted by Crippen LogP contribution is -2.34. The fourth-order valence-corrected chi connectivity index (χ4v) is 2.40. The summed E-state index contributed by atoms with van der Waals surface area (Å²) in [7, 11) is 0. The summed E-state index contributed by atoms with van der Waals surface area (Å²) >= 11 is 0. The van der Waals surface area contributed by atoms with Gasteiger partial charge in [-0.1, -0.05) is 18.2 Å². The van der Waals surface area contributed by atoms with Crippen molar-refractivity contribution in [3.63, 3.8) is 0 Å². The first-order valence-electron chi connectivity index (χ1n) is 7.26. The molecule has 0 spiro atoms. The molecule has 2 aromatic heterocycles. The molecule has 0 unspecified atom stereocenters. The van der Waals surface area contributed by atoms with Crippen LogP contribution in [0, 0.1) is 0 Å². The monoisotopic (exact) mass is 292 g/mol. The summed E-state index contributed by atoms with van der Waals surface area (Å²) in [6.45, 7) is 1.67. The first-order chi connectivity index (χ1) is 10.7. The van der Waals surface area contributed by atoms with Crippen LogP contribution >= 0.6 is 0 Å². The number of benzene rings is 1. The zero-order valence-electron chi connectivity index (χ0n) is 12.4. The number of aromatic nitrogens is 2. The number of pyridine rings is 2.